The fourth-order valence-electron chi connectivity index (χ4n) is 5.37. The Kier molecular flexibility index (Phi) is 8.53. The third-order valence-corrected chi connectivity index (χ3v) is 7.75. The molecule has 0 radical (unpaired) electrons. The fourth-order valence-corrected chi connectivity index (χ4v) is 5.37. The number of nitrogens with zero attached hydrogens (tertiary/aromatic N) is 3. The van der Waals surface area contributed by atoms with Crippen LogP contribution in [0.2, 0.25) is 0 Å². The summed E-state index contributed by atoms with van der Waals surface area (Å²) in [4.78, 5) is 21.6. The van der Waals surface area contributed by atoms with Crippen LogP contribution >= 0.6 is 0 Å². The van der Waals surface area contributed by atoms with Crippen molar-refractivity contribution in [2.24, 2.45) is 0 Å². The normalized spacial score (nSPS) is 15.0. The number of imidazole rings is 1. The van der Waals surface area contributed by atoms with E-state index >= 15 is 0 Å². The van der Waals surface area contributed by atoms with Crippen molar-refractivity contribution in [1.29, 1.82) is 0 Å². The SMILES string of the molecule is COC(=O)c1ccc2nc(Cc3ccc(-c4cccc(OCc5ccc(C(F)(F)F)cc5F)n4)cc3)n(CC3CCCO3)c2c1. The molecule has 1 aliphatic rings. The Labute approximate surface area is 256 Å². The van der Waals surface area contributed by atoms with Crippen LogP contribution in [0.4, 0.5) is 17.6 Å². The second-order valence-electron chi connectivity index (χ2n) is 10.8. The molecule has 232 valence electrons. The van der Waals surface area contributed by atoms with E-state index in [1.807, 2.05) is 36.4 Å². The number of hydrogen-bond donors (Lipinski definition) is 0. The van der Waals surface area contributed by atoms with Crippen LogP contribution in [0.3, 0.4) is 0 Å². The highest BCUT2D eigenvalue weighted by Gasteiger charge is 2.31. The summed E-state index contributed by atoms with van der Waals surface area (Å²) in [7, 11) is 1.36. The molecule has 1 fully saturated rings. The lowest BCUT2D eigenvalue weighted by Crippen LogP contribution is -2.17. The molecule has 0 bridgehead atoms. The van der Waals surface area contributed by atoms with Gasteiger partial charge < -0.3 is 18.8 Å². The van der Waals surface area contributed by atoms with Crippen LogP contribution in [0.15, 0.2) is 78.9 Å². The Hall–Kier alpha value is -4.77. The summed E-state index contributed by atoms with van der Waals surface area (Å²) in [5.74, 6) is -0.345. The van der Waals surface area contributed by atoms with Gasteiger partial charge in [-0.15, -0.1) is 0 Å². The summed E-state index contributed by atoms with van der Waals surface area (Å²) in [6.07, 6.45) is -2.04. The highest BCUT2D eigenvalue weighted by molar-refractivity contribution is 5.93. The summed E-state index contributed by atoms with van der Waals surface area (Å²) >= 11 is 0. The number of alkyl halides is 3. The lowest BCUT2D eigenvalue weighted by molar-refractivity contribution is -0.137. The molecule has 7 nitrogen and oxygen atoms in total. The summed E-state index contributed by atoms with van der Waals surface area (Å²) in [5, 5.41) is 0. The number of benzene rings is 3. The van der Waals surface area contributed by atoms with Crippen molar-refractivity contribution in [3.05, 3.63) is 113 Å². The number of esters is 1. The van der Waals surface area contributed by atoms with E-state index in [0.717, 1.165) is 59.6 Å². The van der Waals surface area contributed by atoms with Gasteiger partial charge in [0.25, 0.3) is 0 Å². The van der Waals surface area contributed by atoms with Gasteiger partial charge in [-0.2, -0.15) is 13.2 Å². The fraction of sp³-hybridized carbons (Fsp3) is 0.265. The topological polar surface area (TPSA) is 75.5 Å². The maximum atomic E-state index is 14.2. The Morgan fingerprint density at radius 1 is 1.02 bits per heavy atom. The summed E-state index contributed by atoms with van der Waals surface area (Å²) in [6.45, 7) is 1.09. The first-order chi connectivity index (χ1) is 21.7. The maximum absolute atomic E-state index is 14.2. The van der Waals surface area contributed by atoms with Gasteiger partial charge in [-0.25, -0.2) is 19.2 Å². The predicted octanol–water partition coefficient (Wildman–Crippen LogP) is 7.39. The molecule has 5 aromatic rings. The first kappa shape index (κ1) is 30.3. The second kappa shape index (κ2) is 12.7. The molecule has 0 amide bonds. The molecule has 6 rings (SSSR count). The number of pyridine rings is 1. The summed E-state index contributed by atoms with van der Waals surface area (Å²) in [5.41, 5.74) is 3.47. The van der Waals surface area contributed by atoms with E-state index in [-0.39, 0.29) is 24.2 Å². The molecular formula is C34H29F4N3O4. The van der Waals surface area contributed by atoms with Gasteiger partial charge in [-0.3, -0.25) is 0 Å². The largest absolute Gasteiger partial charge is 0.473 e. The molecular weight excluding hydrogens is 590 g/mol. The minimum Gasteiger partial charge on any atom is -0.473 e. The number of halogens is 4. The quantitative estimate of drug-likeness (QED) is 0.127. The highest BCUT2D eigenvalue weighted by Crippen LogP contribution is 2.31. The van der Waals surface area contributed by atoms with E-state index in [2.05, 4.69) is 9.55 Å². The van der Waals surface area contributed by atoms with E-state index < -0.39 is 23.5 Å². The van der Waals surface area contributed by atoms with Gasteiger partial charge in [0.05, 0.1) is 47.6 Å². The van der Waals surface area contributed by atoms with Crippen LogP contribution in [0.25, 0.3) is 22.3 Å². The molecule has 2 aromatic heterocycles. The van der Waals surface area contributed by atoms with Crippen molar-refractivity contribution in [3.63, 3.8) is 0 Å². The van der Waals surface area contributed by atoms with Gasteiger partial charge in [0, 0.05) is 30.2 Å². The van der Waals surface area contributed by atoms with Crippen molar-refractivity contribution in [1.82, 2.24) is 14.5 Å². The van der Waals surface area contributed by atoms with Crippen LogP contribution in [0, 0.1) is 5.82 Å². The molecule has 1 saturated heterocycles. The van der Waals surface area contributed by atoms with Crippen molar-refractivity contribution < 1.29 is 36.6 Å². The Bertz CT molecular complexity index is 1830. The first-order valence-corrected chi connectivity index (χ1v) is 14.4. The van der Waals surface area contributed by atoms with Crippen molar-refractivity contribution in [2.45, 2.75) is 44.7 Å². The summed E-state index contributed by atoms with van der Waals surface area (Å²) in [6, 6.07) is 20.7. The van der Waals surface area contributed by atoms with E-state index in [1.54, 1.807) is 24.3 Å². The molecule has 1 unspecified atom stereocenters. The third kappa shape index (κ3) is 6.83. The number of ether oxygens (including phenoxy) is 3. The average Bonchev–Trinajstić information content (AvgIpc) is 3.68. The van der Waals surface area contributed by atoms with Gasteiger partial charge in [-0.05, 0) is 54.8 Å². The van der Waals surface area contributed by atoms with Gasteiger partial charge in [-0.1, -0.05) is 36.4 Å². The molecule has 0 aliphatic carbocycles. The predicted molar refractivity (Wildman–Crippen MR) is 158 cm³/mol. The maximum Gasteiger partial charge on any atom is 0.416 e. The number of rotatable bonds is 9. The molecule has 1 atom stereocenters. The standard InChI is InChI=1S/C34H29F4N3O4/c1-43-33(42)23-12-14-29-30(17-23)41(19-26-4-3-15-44-26)31(39-29)16-21-7-9-22(10-8-21)28-5-2-6-32(40-28)45-20-24-11-13-25(18-27(24)35)34(36,37)38/h2,5-14,17-18,26H,3-4,15-16,19-20H2,1H3. The molecule has 3 aromatic carbocycles. The second-order valence-corrected chi connectivity index (χ2v) is 10.8. The van der Waals surface area contributed by atoms with Crippen LogP contribution in [-0.2, 0) is 35.2 Å². The zero-order valence-electron chi connectivity index (χ0n) is 24.3. The number of aromatic nitrogens is 3. The number of fused-ring (bicyclic) bond motifs is 1. The number of carbonyl (C=O) groups excluding carboxylic acids is 1. The van der Waals surface area contributed by atoms with Crippen LogP contribution in [-0.4, -0.2) is 40.3 Å². The molecule has 0 spiro atoms. The van der Waals surface area contributed by atoms with E-state index in [0.29, 0.717) is 30.3 Å². The van der Waals surface area contributed by atoms with E-state index in [4.69, 9.17) is 19.2 Å². The number of methoxy groups -OCH3 is 1. The smallest absolute Gasteiger partial charge is 0.416 e. The van der Waals surface area contributed by atoms with Gasteiger partial charge in [0.2, 0.25) is 5.88 Å². The number of hydrogen-bond acceptors (Lipinski definition) is 6. The van der Waals surface area contributed by atoms with Gasteiger partial charge in [0.1, 0.15) is 18.2 Å². The van der Waals surface area contributed by atoms with Crippen molar-refractivity contribution >= 4 is 17.0 Å². The van der Waals surface area contributed by atoms with Crippen molar-refractivity contribution in [3.8, 4) is 17.1 Å². The van der Waals surface area contributed by atoms with E-state index in [1.165, 1.54) is 7.11 Å². The highest BCUT2D eigenvalue weighted by atomic mass is 19.4. The van der Waals surface area contributed by atoms with Gasteiger partial charge in [0.15, 0.2) is 0 Å². The third-order valence-electron chi connectivity index (χ3n) is 7.75. The molecule has 11 heteroatoms. The molecule has 0 N–H and O–H groups in total. The molecule has 45 heavy (non-hydrogen) atoms. The molecule has 1 aliphatic heterocycles. The van der Waals surface area contributed by atoms with Crippen LogP contribution in [0.5, 0.6) is 5.88 Å². The lowest BCUT2D eigenvalue weighted by Gasteiger charge is -2.15. The minimum absolute atomic E-state index is 0.00779. The summed E-state index contributed by atoms with van der Waals surface area (Å²) < 4.78 is 71.3. The average molecular weight is 620 g/mol. The van der Waals surface area contributed by atoms with Gasteiger partial charge >= 0.3 is 12.1 Å². The van der Waals surface area contributed by atoms with E-state index in [9.17, 15) is 22.4 Å². The zero-order chi connectivity index (χ0) is 31.6. The van der Waals surface area contributed by atoms with Crippen LogP contribution in [0.1, 0.15) is 45.7 Å². The monoisotopic (exact) mass is 619 g/mol. The Balaban J connectivity index is 1.19. The minimum atomic E-state index is -4.62. The number of carbonyl (C=O) groups is 1. The Morgan fingerprint density at radius 2 is 1.84 bits per heavy atom. The Morgan fingerprint density at radius 3 is 2.56 bits per heavy atom. The molecule has 3 heterocycles. The first-order valence-electron chi connectivity index (χ1n) is 14.4. The van der Waals surface area contributed by atoms with Crippen molar-refractivity contribution in [2.75, 3.05) is 13.7 Å². The van der Waals surface area contributed by atoms with Crippen LogP contribution < -0.4 is 4.74 Å². The molecule has 0 saturated carbocycles. The zero-order valence-corrected chi connectivity index (χ0v) is 24.3. The lowest BCUT2D eigenvalue weighted by atomic mass is 10.1.